The summed E-state index contributed by atoms with van der Waals surface area (Å²) in [6.45, 7) is 32.3. The summed E-state index contributed by atoms with van der Waals surface area (Å²) < 4.78 is 76.8. The number of rotatable bonds is 4. The third-order valence-electron chi connectivity index (χ3n) is 22.4. The molecule has 82 heavy (non-hydrogen) atoms. The molecule has 5 aliphatic carbocycles. The zero-order valence-electron chi connectivity index (χ0n) is 54.7. The minimum atomic E-state index is -0.621. The standard InChI is InChI=1S/C75H80BF2N3O/c1-43-31-46(69(3,4)5)21-23-57(43)80-60-38-52-64(82-68-66(52)72(11)27-29-73(68,12)30-28-72)40-56(60)76-55-39-54-59(79(42-71(54,9)10)50-36-48(77)35-49(78)37-50)41-61(55)81(58-24-22-47(32-44(58)2)70(6,7)8)63-34-45(33-62(80)67(63)76)65-51-19-15-16-20-53(51)74(13)25-17-18-26-75(65,74)14/h15-16,19-24,31-41,65H,17-18,25-30,42H2,1-14H3/i15D,16D,19D,20D. The molecule has 8 aromatic rings. The van der Waals surface area contributed by atoms with Crippen molar-refractivity contribution in [2.75, 3.05) is 21.2 Å². The number of furan rings is 1. The first kappa shape index (κ1) is 47.8. The second-order valence-electron chi connectivity index (χ2n) is 30.1. The summed E-state index contributed by atoms with van der Waals surface area (Å²) in [6, 6.07) is 32.0. The van der Waals surface area contributed by atoms with Gasteiger partial charge in [0, 0.05) is 85.8 Å². The van der Waals surface area contributed by atoms with Crippen LogP contribution in [0, 0.1) is 30.9 Å². The predicted molar refractivity (Wildman–Crippen MR) is 339 cm³/mol. The van der Waals surface area contributed by atoms with E-state index in [4.69, 9.17) is 4.42 Å². The van der Waals surface area contributed by atoms with E-state index in [0.717, 1.165) is 158 Å². The van der Waals surface area contributed by atoms with E-state index in [0.29, 0.717) is 12.2 Å². The van der Waals surface area contributed by atoms with Gasteiger partial charge in [0.15, 0.2) is 0 Å². The van der Waals surface area contributed by atoms with Crippen LogP contribution in [-0.4, -0.2) is 13.3 Å². The molecule has 2 saturated carbocycles. The molecule has 4 heterocycles. The van der Waals surface area contributed by atoms with E-state index in [1.165, 1.54) is 34.2 Å². The number of fused-ring (bicyclic) bond motifs is 11. The van der Waals surface area contributed by atoms with Crippen LogP contribution in [0.2, 0.25) is 0 Å². The van der Waals surface area contributed by atoms with Crippen LogP contribution in [0.5, 0.6) is 0 Å². The molecule has 0 saturated heterocycles. The van der Waals surface area contributed by atoms with Crippen molar-refractivity contribution in [1.82, 2.24) is 0 Å². The van der Waals surface area contributed by atoms with Crippen molar-refractivity contribution >= 4 is 79.6 Å². The van der Waals surface area contributed by atoms with Crippen molar-refractivity contribution in [2.24, 2.45) is 5.41 Å². The van der Waals surface area contributed by atoms with Gasteiger partial charge < -0.3 is 19.1 Å². The molecule has 4 nitrogen and oxygen atoms in total. The van der Waals surface area contributed by atoms with Crippen molar-refractivity contribution in [3.8, 4) is 0 Å². The second kappa shape index (κ2) is 16.8. The molecular formula is C75H80BF2N3O. The minimum absolute atomic E-state index is 0.0340. The molecular weight excluding hydrogens is 1010 g/mol. The minimum Gasteiger partial charge on any atom is -0.460 e. The summed E-state index contributed by atoms with van der Waals surface area (Å²) in [7, 11) is 0. The summed E-state index contributed by atoms with van der Waals surface area (Å²) >= 11 is 0. The van der Waals surface area contributed by atoms with Crippen LogP contribution in [0.3, 0.4) is 0 Å². The number of aryl methyl sites for hydroxylation is 2. The van der Waals surface area contributed by atoms with Crippen molar-refractivity contribution in [2.45, 2.75) is 187 Å². The topological polar surface area (TPSA) is 22.9 Å². The Bertz CT molecular complexity index is 4310. The molecule has 3 atom stereocenters. The molecule has 2 bridgehead atoms. The number of anilines is 8. The lowest BCUT2D eigenvalue weighted by molar-refractivity contribution is 0.0924. The first-order chi connectivity index (χ1) is 40.4. The van der Waals surface area contributed by atoms with Gasteiger partial charge in [0.25, 0.3) is 6.71 Å². The molecule has 16 rings (SSSR count). The zero-order valence-corrected chi connectivity index (χ0v) is 50.7. The second-order valence-corrected chi connectivity index (χ2v) is 30.1. The van der Waals surface area contributed by atoms with Gasteiger partial charge in [-0.05, 0) is 195 Å². The lowest BCUT2D eigenvalue weighted by Gasteiger charge is -2.50. The van der Waals surface area contributed by atoms with E-state index in [2.05, 4.69) is 184 Å². The Morgan fingerprint density at radius 2 is 1.16 bits per heavy atom. The third kappa shape index (κ3) is 7.06. The van der Waals surface area contributed by atoms with Gasteiger partial charge in [-0.15, -0.1) is 0 Å². The lowest BCUT2D eigenvalue weighted by Crippen LogP contribution is -2.61. The molecule has 7 aromatic carbocycles. The fourth-order valence-electron chi connectivity index (χ4n) is 17.4. The quantitative estimate of drug-likeness (QED) is 0.164. The highest BCUT2D eigenvalue weighted by molar-refractivity contribution is 7.00. The SMILES string of the molecule is [2H]c1c([2H])c([2H])c2c(c1[2H])C(c1cc3c4c(c1)N(c1ccc(C(C)(C)C)cc1C)c1cc5c6c(oc5cc1B4c1cc4c(cc1N3c1ccc(C(C)(C)C)cc1C)N(c1cc(F)cc(F)c1)CC4(C)C)C1(C)CCC6(C)CC1)C1(C)CCCCC21C. The maximum absolute atomic E-state index is 15.5. The molecule has 418 valence electrons. The van der Waals surface area contributed by atoms with Crippen molar-refractivity contribution in [1.29, 1.82) is 0 Å². The van der Waals surface area contributed by atoms with Crippen LogP contribution in [0.25, 0.3) is 11.0 Å². The summed E-state index contributed by atoms with van der Waals surface area (Å²) in [6.07, 6.45) is 8.05. The molecule has 0 radical (unpaired) electrons. The molecule has 3 unspecified atom stereocenters. The Kier molecular flexibility index (Phi) is 9.81. The Labute approximate surface area is 492 Å². The van der Waals surface area contributed by atoms with Gasteiger partial charge in [-0.25, -0.2) is 8.78 Å². The van der Waals surface area contributed by atoms with Crippen molar-refractivity contribution in [3.63, 3.8) is 0 Å². The van der Waals surface area contributed by atoms with E-state index in [1.807, 2.05) is 0 Å². The zero-order chi connectivity index (χ0) is 60.8. The van der Waals surface area contributed by atoms with E-state index in [9.17, 15) is 5.48 Å². The molecule has 1 aromatic heterocycles. The highest BCUT2D eigenvalue weighted by Crippen LogP contribution is 2.68. The first-order valence-electron chi connectivity index (χ1n) is 32.5. The predicted octanol–water partition coefficient (Wildman–Crippen LogP) is 18.5. The Balaban J connectivity index is 1.12. The number of hydrogen-bond acceptors (Lipinski definition) is 4. The van der Waals surface area contributed by atoms with E-state index < -0.39 is 33.8 Å². The third-order valence-corrected chi connectivity index (χ3v) is 22.4. The average Bonchev–Trinajstić information content (AvgIpc) is 1.36. The number of benzene rings is 7. The lowest BCUT2D eigenvalue weighted by atomic mass is 9.33. The maximum Gasteiger partial charge on any atom is 0.252 e. The van der Waals surface area contributed by atoms with E-state index >= 15 is 8.78 Å². The van der Waals surface area contributed by atoms with Crippen LogP contribution in [0.15, 0.2) is 120 Å². The fourth-order valence-corrected chi connectivity index (χ4v) is 17.4. The van der Waals surface area contributed by atoms with E-state index in [1.54, 1.807) is 0 Å². The van der Waals surface area contributed by atoms with Crippen molar-refractivity contribution in [3.05, 3.63) is 183 Å². The van der Waals surface area contributed by atoms with Gasteiger partial charge in [-0.1, -0.05) is 150 Å². The number of nitrogens with zero attached hydrogens (tertiary/aromatic N) is 3. The molecule has 2 fully saturated rings. The van der Waals surface area contributed by atoms with Crippen LogP contribution in [-0.2, 0) is 32.5 Å². The Morgan fingerprint density at radius 3 is 1.77 bits per heavy atom. The summed E-state index contributed by atoms with van der Waals surface area (Å²) in [5.41, 5.74) is 19.8. The highest BCUT2D eigenvalue weighted by atomic mass is 19.1. The number of halogens is 2. The molecule has 8 aliphatic rings. The van der Waals surface area contributed by atoms with Gasteiger partial charge in [0.05, 0.1) is 5.48 Å². The highest BCUT2D eigenvalue weighted by Gasteiger charge is 2.59. The van der Waals surface area contributed by atoms with Gasteiger partial charge in [0.2, 0.25) is 0 Å². The van der Waals surface area contributed by atoms with Crippen molar-refractivity contribution < 1.29 is 18.7 Å². The molecule has 3 aliphatic heterocycles. The normalized spacial score (nSPS) is 26.1. The maximum atomic E-state index is 15.5. The summed E-state index contributed by atoms with van der Waals surface area (Å²) in [5.74, 6) is -0.505. The largest absolute Gasteiger partial charge is 0.460 e. The Hall–Kier alpha value is -6.60. The molecule has 0 amide bonds. The van der Waals surface area contributed by atoms with Crippen LogP contribution >= 0.6 is 0 Å². The number of hydrogen-bond donors (Lipinski definition) is 0. The van der Waals surface area contributed by atoms with Gasteiger partial charge in [-0.3, -0.25) is 0 Å². The monoisotopic (exact) mass is 1090 g/mol. The summed E-state index contributed by atoms with van der Waals surface area (Å²) in [5, 5.41) is 1.17. The van der Waals surface area contributed by atoms with Crippen LogP contribution < -0.4 is 31.1 Å². The molecule has 0 spiro atoms. The average molecular weight is 1090 g/mol. The summed E-state index contributed by atoms with van der Waals surface area (Å²) in [4.78, 5) is 7.15. The van der Waals surface area contributed by atoms with Gasteiger partial charge >= 0.3 is 0 Å². The van der Waals surface area contributed by atoms with Crippen LogP contribution in [0.4, 0.5) is 54.3 Å². The van der Waals surface area contributed by atoms with Gasteiger partial charge in [0.1, 0.15) is 23.0 Å². The van der Waals surface area contributed by atoms with Crippen LogP contribution in [0.1, 0.15) is 202 Å². The fraction of sp³-hybridized carbons (Fsp3) is 0.413. The Morgan fingerprint density at radius 1 is 0.585 bits per heavy atom. The smallest absolute Gasteiger partial charge is 0.252 e. The molecule has 7 heteroatoms. The molecule has 0 N–H and O–H groups in total. The van der Waals surface area contributed by atoms with Gasteiger partial charge in [-0.2, -0.15) is 0 Å². The van der Waals surface area contributed by atoms with E-state index in [-0.39, 0.29) is 52.5 Å². The first-order valence-corrected chi connectivity index (χ1v) is 30.5.